The van der Waals surface area contributed by atoms with Crippen molar-refractivity contribution in [2.45, 2.75) is 25.3 Å². The number of alkyl halides is 3. The minimum absolute atomic E-state index is 0. The standard InChI is InChI=1S/C20H22F3N3O2.HI/c21-20(22,23)28-17-10-8-16(9-11-17)26-19(24)25-13-15-7-4-12-27-18(15)14-5-2-1-3-6-14;/h1-3,5-6,8-11,15,18H,4,7,12-13H2,(H3,24,25,26);1H. The number of hydrogen-bond donors (Lipinski definition) is 2. The molecule has 3 rings (SSSR count). The van der Waals surface area contributed by atoms with Crippen molar-refractivity contribution in [1.29, 1.82) is 0 Å². The number of nitrogens with two attached hydrogens (primary N) is 1. The average molecular weight is 521 g/mol. The second-order valence-electron chi connectivity index (χ2n) is 6.53. The number of ether oxygens (including phenoxy) is 2. The number of nitrogens with zero attached hydrogens (tertiary/aromatic N) is 1. The molecule has 1 aliphatic heterocycles. The fraction of sp³-hybridized carbons (Fsp3) is 0.350. The molecule has 2 unspecified atom stereocenters. The summed E-state index contributed by atoms with van der Waals surface area (Å²) >= 11 is 0. The molecular weight excluding hydrogens is 498 g/mol. The van der Waals surface area contributed by atoms with Crippen molar-refractivity contribution in [3.63, 3.8) is 0 Å². The summed E-state index contributed by atoms with van der Waals surface area (Å²) in [6, 6.07) is 15.3. The van der Waals surface area contributed by atoms with Crippen LogP contribution in [-0.4, -0.2) is 25.5 Å². The lowest BCUT2D eigenvalue weighted by molar-refractivity contribution is -0.274. The maximum absolute atomic E-state index is 12.2. The van der Waals surface area contributed by atoms with Gasteiger partial charge in [0, 0.05) is 24.8 Å². The Kier molecular flexibility index (Phi) is 8.57. The third kappa shape index (κ3) is 7.39. The SMILES string of the molecule is I.NC(=NCC1CCCOC1c1ccccc1)Nc1ccc(OC(F)(F)F)cc1. The van der Waals surface area contributed by atoms with E-state index in [-0.39, 0.29) is 47.7 Å². The van der Waals surface area contributed by atoms with E-state index in [9.17, 15) is 13.2 Å². The van der Waals surface area contributed by atoms with Crippen molar-refractivity contribution in [3.8, 4) is 5.75 Å². The first-order valence-electron chi connectivity index (χ1n) is 9.00. The van der Waals surface area contributed by atoms with E-state index in [1.807, 2.05) is 30.3 Å². The minimum atomic E-state index is -4.72. The Morgan fingerprint density at radius 2 is 1.83 bits per heavy atom. The lowest BCUT2D eigenvalue weighted by Gasteiger charge is -2.31. The third-order valence-electron chi connectivity index (χ3n) is 4.43. The molecule has 0 spiro atoms. The van der Waals surface area contributed by atoms with Crippen LogP contribution in [0.2, 0.25) is 0 Å². The molecule has 0 aliphatic carbocycles. The number of halogens is 4. The summed E-state index contributed by atoms with van der Waals surface area (Å²) in [5.41, 5.74) is 7.58. The van der Waals surface area contributed by atoms with Crippen LogP contribution in [0.15, 0.2) is 59.6 Å². The zero-order valence-corrected chi connectivity index (χ0v) is 17.9. The van der Waals surface area contributed by atoms with Gasteiger partial charge in [-0.25, -0.2) is 0 Å². The zero-order valence-electron chi connectivity index (χ0n) is 15.6. The van der Waals surface area contributed by atoms with E-state index in [4.69, 9.17) is 10.5 Å². The number of benzene rings is 2. The maximum atomic E-state index is 12.2. The van der Waals surface area contributed by atoms with Crippen molar-refractivity contribution < 1.29 is 22.6 Å². The topological polar surface area (TPSA) is 68.9 Å². The summed E-state index contributed by atoms with van der Waals surface area (Å²) in [4.78, 5) is 4.39. The van der Waals surface area contributed by atoms with Crippen molar-refractivity contribution in [2.75, 3.05) is 18.5 Å². The normalized spacial score (nSPS) is 19.9. The quantitative estimate of drug-likeness (QED) is 0.327. The Hall–Kier alpha value is -2.01. The molecule has 2 aromatic carbocycles. The van der Waals surface area contributed by atoms with Crippen molar-refractivity contribution in [3.05, 3.63) is 60.2 Å². The highest BCUT2D eigenvalue weighted by Crippen LogP contribution is 2.33. The molecule has 9 heteroatoms. The molecule has 3 N–H and O–H groups in total. The summed E-state index contributed by atoms with van der Waals surface area (Å²) in [6.07, 6.45) is -2.78. The van der Waals surface area contributed by atoms with Gasteiger partial charge in [-0.05, 0) is 42.7 Å². The molecule has 0 amide bonds. The second kappa shape index (κ2) is 10.7. The summed E-state index contributed by atoms with van der Waals surface area (Å²) in [5, 5.41) is 2.88. The van der Waals surface area contributed by atoms with Crippen LogP contribution in [0.1, 0.15) is 24.5 Å². The Morgan fingerprint density at radius 3 is 2.48 bits per heavy atom. The molecule has 29 heavy (non-hydrogen) atoms. The van der Waals surface area contributed by atoms with Crippen LogP contribution in [0.25, 0.3) is 0 Å². The second-order valence-corrected chi connectivity index (χ2v) is 6.53. The molecule has 0 aromatic heterocycles. The number of rotatable bonds is 5. The van der Waals surface area contributed by atoms with E-state index in [1.165, 1.54) is 24.3 Å². The average Bonchev–Trinajstić information content (AvgIpc) is 2.68. The van der Waals surface area contributed by atoms with Crippen molar-refractivity contribution in [1.82, 2.24) is 0 Å². The van der Waals surface area contributed by atoms with E-state index in [1.54, 1.807) is 0 Å². The van der Waals surface area contributed by atoms with Gasteiger partial charge in [0.1, 0.15) is 5.75 Å². The molecule has 158 valence electrons. The smallest absolute Gasteiger partial charge is 0.406 e. The highest BCUT2D eigenvalue weighted by molar-refractivity contribution is 14.0. The predicted molar refractivity (Wildman–Crippen MR) is 117 cm³/mol. The monoisotopic (exact) mass is 521 g/mol. The van der Waals surface area contributed by atoms with Gasteiger partial charge >= 0.3 is 6.36 Å². The van der Waals surface area contributed by atoms with E-state index >= 15 is 0 Å². The summed E-state index contributed by atoms with van der Waals surface area (Å²) < 4.78 is 46.4. The molecule has 1 saturated heterocycles. The van der Waals surface area contributed by atoms with Gasteiger partial charge in [0.2, 0.25) is 0 Å². The summed E-state index contributed by atoms with van der Waals surface area (Å²) in [7, 11) is 0. The van der Waals surface area contributed by atoms with Gasteiger partial charge in [0.15, 0.2) is 5.96 Å². The first-order chi connectivity index (χ1) is 13.4. The number of aliphatic imine (C=N–C) groups is 1. The van der Waals surface area contributed by atoms with Gasteiger partial charge in [-0.15, -0.1) is 37.1 Å². The van der Waals surface area contributed by atoms with E-state index in [0.717, 1.165) is 25.0 Å². The highest BCUT2D eigenvalue weighted by atomic mass is 127. The lowest BCUT2D eigenvalue weighted by atomic mass is 9.89. The van der Waals surface area contributed by atoms with Crippen LogP contribution < -0.4 is 15.8 Å². The molecule has 1 aliphatic rings. The molecule has 5 nitrogen and oxygen atoms in total. The summed E-state index contributed by atoms with van der Waals surface area (Å²) in [6.45, 7) is 1.22. The predicted octanol–water partition coefficient (Wildman–Crippen LogP) is 5.10. The van der Waals surface area contributed by atoms with Crippen LogP contribution in [-0.2, 0) is 4.74 Å². The van der Waals surface area contributed by atoms with E-state index in [0.29, 0.717) is 12.2 Å². The molecule has 0 saturated carbocycles. The summed E-state index contributed by atoms with van der Waals surface area (Å²) in [5.74, 6) is 0.111. The maximum Gasteiger partial charge on any atom is 0.573 e. The largest absolute Gasteiger partial charge is 0.573 e. The fourth-order valence-corrected chi connectivity index (χ4v) is 3.18. The molecule has 0 radical (unpaired) electrons. The van der Waals surface area contributed by atoms with Crippen LogP contribution in [0, 0.1) is 5.92 Å². The molecule has 1 fully saturated rings. The van der Waals surface area contributed by atoms with Gasteiger partial charge in [-0.1, -0.05) is 30.3 Å². The van der Waals surface area contributed by atoms with Gasteiger partial charge in [0.05, 0.1) is 6.10 Å². The lowest BCUT2D eigenvalue weighted by Crippen LogP contribution is -2.28. The number of guanidine groups is 1. The first-order valence-corrected chi connectivity index (χ1v) is 9.00. The van der Waals surface area contributed by atoms with Gasteiger partial charge in [-0.3, -0.25) is 4.99 Å². The van der Waals surface area contributed by atoms with Crippen molar-refractivity contribution in [2.24, 2.45) is 16.6 Å². The van der Waals surface area contributed by atoms with Crippen LogP contribution >= 0.6 is 24.0 Å². The zero-order chi connectivity index (χ0) is 20.0. The Labute approximate surface area is 184 Å². The van der Waals surface area contributed by atoms with Gasteiger partial charge < -0.3 is 20.5 Å². The van der Waals surface area contributed by atoms with Crippen LogP contribution in [0.3, 0.4) is 0 Å². The Morgan fingerprint density at radius 1 is 1.14 bits per heavy atom. The minimum Gasteiger partial charge on any atom is -0.406 e. The van der Waals surface area contributed by atoms with Crippen molar-refractivity contribution >= 4 is 35.6 Å². The molecule has 2 aromatic rings. The molecule has 1 heterocycles. The number of anilines is 1. The fourth-order valence-electron chi connectivity index (χ4n) is 3.18. The Bertz CT molecular complexity index is 786. The van der Waals surface area contributed by atoms with Gasteiger partial charge in [-0.2, -0.15) is 0 Å². The van der Waals surface area contributed by atoms with E-state index < -0.39 is 6.36 Å². The van der Waals surface area contributed by atoms with Gasteiger partial charge in [0.25, 0.3) is 0 Å². The van der Waals surface area contributed by atoms with Crippen LogP contribution in [0.4, 0.5) is 18.9 Å². The third-order valence-corrected chi connectivity index (χ3v) is 4.43. The number of nitrogens with one attached hydrogen (secondary N) is 1. The first kappa shape index (κ1) is 23.3. The Balaban J connectivity index is 0.00000300. The molecule has 2 atom stereocenters. The molecular formula is C20H23F3IN3O2. The number of hydrogen-bond acceptors (Lipinski definition) is 3. The van der Waals surface area contributed by atoms with Crippen LogP contribution in [0.5, 0.6) is 5.75 Å². The highest BCUT2D eigenvalue weighted by Gasteiger charge is 2.31. The van der Waals surface area contributed by atoms with E-state index in [2.05, 4.69) is 15.0 Å². The molecule has 0 bridgehead atoms.